The molecular formula is C29H31BrFN3O4. The Morgan fingerprint density at radius 1 is 1.13 bits per heavy atom. The van der Waals surface area contributed by atoms with Crippen LogP contribution < -0.4 is 15.6 Å². The molecule has 3 N–H and O–H groups in total. The minimum atomic E-state index is -1.20. The molecule has 0 fully saturated rings. The van der Waals surface area contributed by atoms with E-state index in [4.69, 9.17) is 19.6 Å². The van der Waals surface area contributed by atoms with Crippen LogP contribution in [-0.2, 0) is 22.4 Å². The van der Waals surface area contributed by atoms with Gasteiger partial charge in [-0.15, -0.1) is 0 Å². The van der Waals surface area contributed by atoms with Crippen LogP contribution in [0.3, 0.4) is 0 Å². The smallest absolute Gasteiger partial charge is 0.266 e. The molecule has 200 valence electrons. The number of rotatable bonds is 12. The molecule has 0 aliphatic carbocycles. The summed E-state index contributed by atoms with van der Waals surface area (Å²) in [6, 6.07) is 21.5. The molecule has 2 atom stereocenters. The summed E-state index contributed by atoms with van der Waals surface area (Å²) in [5.41, 5.74) is 7.07. The predicted octanol–water partition coefficient (Wildman–Crippen LogP) is 4.36. The van der Waals surface area contributed by atoms with E-state index in [0.29, 0.717) is 44.1 Å². The molecule has 0 spiro atoms. The molecule has 4 rings (SSSR count). The summed E-state index contributed by atoms with van der Waals surface area (Å²) in [5.74, 6) is 0.455. The fourth-order valence-corrected chi connectivity index (χ4v) is 4.47. The van der Waals surface area contributed by atoms with Crippen molar-refractivity contribution in [3.63, 3.8) is 0 Å². The summed E-state index contributed by atoms with van der Waals surface area (Å²) in [6.45, 7) is 2.76. The molecule has 1 heterocycles. The summed E-state index contributed by atoms with van der Waals surface area (Å²) < 4.78 is 26.2. The number of aliphatic hydroxyl groups is 1. The van der Waals surface area contributed by atoms with Crippen molar-refractivity contribution in [2.75, 3.05) is 19.8 Å². The molecule has 0 bridgehead atoms. The highest BCUT2D eigenvalue weighted by Crippen LogP contribution is 2.33. The van der Waals surface area contributed by atoms with E-state index >= 15 is 0 Å². The molecule has 1 aliphatic rings. The van der Waals surface area contributed by atoms with Crippen molar-refractivity contribution in [3.05, 3.63) is 99.8 Å². The van der Waals surface area contributed by atoms with E-state index in [-0.39, 0.29) is 18.3 Å². The van der Waals surface area contributed by atoms with Gasteiger partial charge in [-0.2, -0.15) is 0 Å². The molecule has 0 unspecified atom stereocenters. The van der Waals surface area contributed by atoms with Crippen molar-refractivity contribution in [2.24, 2.45) is 4.99 Å². The molecule has 3 aromatic carbocycles. The number of amides is 1. The zero-order valence-electron chi connectivity index (χ0n) is 21.1. The molecular weight excluding hydrogens is 553 g/mol. The molecule has 3 aromatic rings. The van der Waals surface area contributed by atoms with Gasteiger partial charge in [0.05, 0.1) is 6.61 Å². The second-order valence-electron chi connectivity index (χ2n) is 9.12. The summed E-state index contributed by atoms with van der Waals surface area (Å²) in [4.78, 5) is 18.5. The lowest BCUT2D eigenvalue weighted by Crippen LogP contribution is -2.56. The number of hydrazine groups is 1. The highest BCUT2D eigenvalue weighted by Gasteiger charge is 2.50. The third kappa shape index (κ3) is 6.98. The fourth-order valence-electron chi connectivity index (χ4n) is 4.21. The first-order chi connectivity index (χ1) is 18.4. The van der Waals surface area contributed by atoms with Crippen molar-refractivity contribution in [2.45, 2.75) is 37.8 Å². The highest BCUT2D eigenvalue weighted by atomic mass is 79.9. The number of nitrogens with one attached hydrogen (secondary N) is 2. The molecule has 0 saturated heterocycles. The number of aliphatic imine (C=N–C) groups is 1. The maximum Gasteiger partial charge on any atom is 0.266 e. The number of aliphatic hydroxyl groups excluding tert-OH is 1. The molecule has 9 heteroatoms. The number of halogens is 2. The normalized spacial score (nSPS) is 18.5. The summed E-state index contributed by atoms with van der Waals surface area (Å²) in [7, 11) is 0. The van der Waals surface area contributed by atoms with Crippen molar-refractivity contribution < 1.29 is 23.8 Å². The third-order valence-corrected chi connectivity index (χ3v) is 6.87. The number of hydrogen-bond donors (Lipinski definition) is 3. The van der Waals surface area contributed by atoms with E-state index in [1.54, 1.807) is 6.07 Å². The Morgan fingerprint density at radius 3 is 2.61 bits per heavy atom. The average Bonchev–Trinajstić information content (AvgIpc) is 3.25. The van der Waals surface area contributed by atoms with Gasteiger partial charge in [-0.05, 0) is 73.0 Å². The van der Waals surface area contributed by atoms with Crippen molar-refractivity contribution in [3.8, 4) is 5.75 Å². The van der Waals surface area contributed by atoms with Gasteiger partial charge in [-0.3, -0.25) is 10.2 Å². The number of hydrogen-bond acceptors (Lipinski definition) is 6. The van der Waals surface area contributed by atoms with Gasteiger partial charge in [0.1, 0.15) is 17.7 Å². The molecule has 0 saturated carbocycles. The maximum atomic E-state index is 13.6. The number of ether oxygens (including phenoxy) is 2. The van der Waals surface area contributed by atoms with Gasteiger partial charge in [0.15, 0.2) is 5.54 Å². The van der Waals surface area contributed by atoms with Gasteiger partial charge in [-0.1, -0.05) is 40.2 Å². The minimum absolute atomic E-state index is 0.0722. The van der Waals surface area contributed by atoms with Gasteiger partial charge in [-0.25, -0.2) is 14.8 Å². The molecule has 0 radical (unpaired) electrons. The van der Waals surface area contributed by atoms with Crippen molar-refractivity contribution >= 4 is 27.7 Å². The van der Waals surface area contributed by atoms with Crippen LogP contribution in [0.25, 0.3) is 0 Å². The summed E-state index contributed by atoms with van der Waals surface area (Å²) in [6.07, 6.45) is 0.904. The van der Waals surface area contributed by atoms with Crippen LogP contribution in [-0.4, -0.2) is 48.3 Å². The predicted molar refractivity (Wildman–Crippen MR) is 148 cm³/mol. The third-order valence-electron chi connectivity index (χ3n) is 6.34. The average molecular weight is 584 g/mol. The van der Waals surface area contributed by atoms with Crippen LogP contribution in [0, 0.1) is 5.82 Å². The van der Waals surface area contributed by atoms with Crippen LogP contribution >= 0.6 is 15.9 Å². The Balaban J connectivity index is 1.51. The SMILES string of the molecule is C[C@@H]1OC(c2ccc(OCCCO)cc2)=N[C@]1(Cc1ccc(Br)cc1)C(=O)NNCCc1cccc(F)c1. The molecule has 1 amide bonds. The number of carbonyl (C=O) groups is 1. The Morgan fingerprint density at radius 2 is 1.89 bits per heavy atom. The number of nitrogens with zero attached hydrogens (tertiary/aromatic N) is 1. The van der Waals surface area contributed by atoms with E-state index < -0.39 is 11.6 Å². The molecule has 0 aromatic heterocycles. The Bertz CT molecular complexity index is 1250. The zero-order chi connectivity index (χ0) is 27.0. The lowest BCUT2D eigenvalue weighted by molar-refractivity contribution is -0.129. The van der Waals surface area contributed by atoms with Crippen LogP contribution in [0.4, 0.5) is 4.39 Å². The van der Waals surface area contributed by atoms with E-state index in [1.165, 1.54) is 12.1 Å². The van der Waals surface area contributed by atoms with E-state index in [0.717, 1.165) is 21.2 Å². The van der Waals surface area contributed by atoms with Crippen LogP contribution in [0.1, 0.15) is 30.0 Å². The number of carbonyl (C=O) groups excluding carboxylic acids is 1. The quantitative estimate of drug-likeness (QED) is 0.218. The Labute approximate surface area is 230 Å². The van der Waals surface area contributed by atoms with Gasteiger partial charge in [0.25, 0.3) is 5.91 Å². The largest absolute Gasteiger partial charge is 0.494 e. The van der Waals surface area contributed by atoms with Gasteiger partial charge < -0.3 is 14.6 Å². The maximum absolute atomic E-state index is 13.6. The molecule has 7 nitrogen and oxygen atoms in total. The second kappa shape index (κ2) is 13.0. The van der Waals surface area contributed by atoms with Crippen LogP contribution in [0.5, 0.6) is 5.75 Å². The lowest BCUT2D eigenvalue weighted by atomic mass is 9.86. The Hall–Kier alpha value is -3.27. The van der Waals surface area contributed by atoms with Gasteiger partial charge in [0, 0.05) is 36.0 Å². The van der Waals surface area contributed by atoms with Crippen molar-refractivity contribution in [1.29, 1.82) is 0 Å². The zero-order valence-corrected chi connectivity index (χ0v) is 22.7. The Kier molecular flexibility index (Phi) is 9.49. The molecule has 38 heavy (non-hydrogen) atoms. The fraction of sp³-hybridized carbons (Fsp3) is 0.310. The van der Waals surface area contributed by atoms with Gasteiger partial charge in [0.2, 0.25) is 5.90 Å². The van der Waals surface area contributed by atoms with E-state index in [9.17, 15) is 9.18 Å². The van der Waals surface area contributed by atoms with Crippen LogP contribution in [0.15, 0.2) is 82.3 Å². The van der Waals surface area contributed by atoms with Crippen LogP contribution in [0.2, 0.25) is 0 Å². The lowest BCUT2D eigenvalue weighted by Gasteiger charge is -2.28. The molecule has 1 aliphatic heterocycles. The first-order valence-corrected chi connectivity index (χ1v) is 13.3. The first-order valence-electron chi connectivity index (χ1n) is 12.5. The summed E-state index contributed by atoms with van der Waals surface area (Å²) >= 11 is 3.46. The summed E-state index contributed by atoms with van der Waals surface area (Å²) in [5, 5.41) is 8.93. The van der Waals surface area contributed by atoms with E-state index in [2.05, 4.69) is 26.8 Å². The van der Waals surface area contributed by atoms with E-state index in [1.807, 2.05) is 61.5 Å². The monoisotopic (exact) mass is 583 g/mol. The number of benzene rings is 3. The topological polar surface area (TPSA) is 92.2 Å². The highest BCUT2D eigenvalue weighted by molar-refractivity contribution is 9.10. The standard InChI is InChI=1S/C29H31BrFN3O4/c1-20-29(19-22-6-10-24(30)11-7-22,28(36)34-32-15-14-21-4-2-5-25(31)18-21)33-27(38-20)23-8-12-26(13-9-23)37-17-3-16-35/h2,4-13,18,20,32,35H,3,14-17,19H2,1H3,(H,34,36)/t20-,29-/m0/s1. The van der Waals surface area contributed by atoms with Gasteiger partial charge >= 0.3 is 0 Å². The van der Waals surface area contributed by atoms with Crippen molar-refractivity contribution in [1.82, 2.24) is 10.9 Å². The second-order valence-corrected chi connectivity index (χ2v) is 10.0. The minimum Gasteiger partial charge on any atom is -0.494 e. The first kappa shape index (κ1) is 27.8.